The number of thioether (sulfide) groups is 1. The van der Waals surface area contributed by atoms with Crippen LogP contribution in [0.3, 0.4) is 0 Å². The SMILES string of the molecule is CC(=O)SCC#Cc1ccnc2cc(Cl)ccc12. The zero-order valence-corrected chi connectivity index (χ0v) is 11.3. The third-order valence-corrected chi connectivity index (χ3v) is 3.21. The van der Waals surface area contributed by atoms with Gasteiger partial charge in [0.05, 0.1) is 11.3 Å². The summed E-state index contributed by atoms with van der Waals surface area (Å²) in [4.78, 5) is 15.0. The average Bonchev–Trinajstić information content (AvgIpc) is 2.34. The number of carbonyl (C=O) groups is 1. The molecule has 2 nitrogen and oxygen atoms in total. The number of halogens is 1. The molecule has 0 radical (unpaired) electrons. The van der Waals surface area contributed by atoms with Crippen LogP contribution in [-0.2, 0) is 4.79 Å². The maximum Gasteiger partial charge on any atom is 0.186 e. The summed E-state index contributed by atoms with van der Waals surface area (Å²) in [7, 11) is 0. The number of benzene rings is 1. The molecule has 2 aromatic rings. The van der Waals surface area contributed by atoms with Crippen molar-refractivity contribution >= 4 is 39.4 Å². The fourth-order valence-corrected chi connectivity index (χ4v) is 2.01. The molecular weight excluding hydrogens is 266 g/mol. The summed E-state index contributed by atoms with van der Waals surface area (Å²) in [5.74, 6) is 6.53. The zero-order chi connectivity index (χ0) is 13.0. The molecule has 1 aromatic heterocycles. The van der Waals surface area contributed by atoms with Crippen molar-refractivity contribution in [1.29, 1.82) is 0 Å². The van der Waals surface area contributed by atoms with Crippen molar-refractivity contribution in [2.75, 3.05) is 5.75 Å². The van der Waals surface area contributed by atoms with Gasteiger partial charge < -0.3 is 0 Å². The number of nitrogens with zero attached hydrogens (tertiary/aromatic N) is 1. The molecular formula is C14H10ClNOS. The quantitative estimate of drug-likeness (QED) is 0.746. The van der Waals surface area contributed by atoms with Crippen LogP contribution in [0.5, 0.6) is 0 Å². The monoisotopic (exact) mass is 275 g/mol. The van der Waals surface area contributed by atoms with Gasteiger partial charge in [-0.3, -0.25) is 9.78 Å². The van der Waals surface area contributed by atoms with E-state index in [9.17, 15) is 4.79 Å². The highest BCUT2D eigenvalue weighted by Gasteiger charge is 2.00. The Morgan fingerprint density at radius 3 is 3.06 bits per heavy atom. The van der Waals surface area contributed by atoms with Gasteiger partial charge in [-0.25, -0.2) is 0 Å². The highest BCUT2D eigenvalue weighted by atomic mass is 35.5. The Labute approximate surface area is 115 Å². The van der Waals surface area contributed by atoms with Crippen molar-refractivity contribution in [3.63, 3.8) is 0 Å². The highest BCUT2D eigenvalue weighted by molar-refractivity contribution is 8.13. The minimum Gasteiger partial charge on any atom is -0.288 e. The van der Waals surface area contributed by atoms with Crippen molar-refractivity contribution in [2.45, 2.75) is 6.92 Å². The number of pyridine rings is 1. The normalized spacial score (nSPS) is 9.89. The lowest BCUT2D eigenvalue weighted by molar-refractivity contribution is -0.109. The van der Waals surface area contributed by atoms with E-state index in [2.05, 4.69) is 16.8 Å². The number of aromatic nitrogens is 1. The molecule has 0 spiro atoms. The molecule has 0 aliphatic carbocycles. The van der Waals surface area contributed by atoms with E-state index < -0.39 is 0 Å². The maximum absolute atomic E-state index is 10.8. The van der Waals surface area contributed by atoms with Gasteiger partial charge in [-0.05, 0) is 18.2 Å². The number of rotatable bonds is 1. The van der Waals surface area contributed by atoms with E-state index in [1.54, 1.807) is 6.20 Å². The fraction of sp³-hybridized carbons (Fsp3) is 0.143. The van der Waals surface area contributed by atoms with Crippen LogP contribution in [0.2, 0.25) is 5.02 Å². The van der Waals surface area contributed by atoms with Gasteiger partial charge >= 0.3 is 0 Å². The van der Waals surface area contributed by atoms with Crippen LogP contribution < -0.4 is 0 Å². The van der Waals surface area contributed by atoms with E-state index in [-0.39, 0.29) is 5.12 Å². The Hall–Kier alpha value is -1.50. The van der Waals surface area contributed by atoms with Gasteiger partial charge in [0.25, 0.3) is 0 Å². The largest absolute Gasteiger partial charge is 0.288 e. The second kappa shape index (κ2) is 5.90. The second-order valence-electron chi connectivity index (χ2n) is 3.60. The highest BCUT2D eigenvalue weighted by Crippen LogP contribution is 2.20. The molecule has 0 amide bonds. The Morgan fingerprint density at radius 2 is 2.28 bits per heavy atom. The molecule has 1 heterocycles. The molecule has 0 bridgehead atoms. The Balaban J connectivity index is 2.31. The van der Waals surface area contributed by atoms with Gasteiger partial charge in [-0.1, -0.05) is 41.3 Å². The number of carbonyl (C=O) groups excluding carboxylic acids is 1. The maximum atomic E-state index is 10.8. The lowest BCUT2D eigenvalue weighted by Gasteiger charge is -1.99. The van der Waals surface area contributed by atoms with Crippen LogP contribution in [0.1, 0.15) is 12.5 Å². The van der Waals surface area contributed by atoms with Crippen LogP contribution in [0.4, 0.5) is 0 Å². The number of hydrogen-bond donors (Lipinski definition) is 0. The second-order valence-corrected chi connectivity index (χ2v) is 5.19. The summed E-state index contributed by atoms with van der Waals surface area (Å²) >= 11 is 7.12. The van der Waals surface area contributed by atoms with E-state index in [0.717, 1.165) is 16.5 Å². The van der Waals surface area contributed by atoms with Crippen molar-refractivity contribution in [3.8, 4) is 11.8 Å². The third-order valence-electron chi connectivity index (χ3n) is 2.28. The zero-order valence-electron chi connectivity index (χ0n) is 9.74. The molecule has 0 fully saturated rings. The first-order chi connectivity index (χ1) is 8.66. The van der Waals surface area contributed by atoms with Crippen molar-refractivity contribution in [1.82, 2.24) is 4.98 Å². The lowest BCUT2D eigenvalue weighted by Crippen LogP contribution is -1.85. The standard InChI is InChI=1S/C14H10ClNOS/c1-10(17)18-8-2-3-11-6-7-16-14-9-12(15)4-5-13(11)14/h4-7,9H,8H2,1H3. The van der Waals surface area contributed by atoms with E-state index in [1.807, 2.05) is 24.3 Å². The molecule has 4 heteroatoms. The molecule has 0 aliphatic heterocycles. The molecule has 0 unspecified atom stereocenters. The van der Waals surface area contributed by atoms with Crippen LogP contribution >= 0.6 is 23.4 Å². The minimum atomic E-state index is 0.0793. The van der Waals surface area contributed by atoms with Crippen LogP contribution in [0.15, 0.2) is 30.5 Å². The van der Waals surface area contributed by atoms with E-state index in [0.29, 0.717) is 10.8 Å². The molecule has 18 heavy (non-hydrogen) atoms. The molecule has 1 aromatic carbocycles. The lowest BCUT2D eigenvalue weighted by atomic mass is 10.1. The smallest absolute Gasteiger partial charge is 0.186 e. The van der Waals surface area contributed by atoms with Gasteiger partial charge in [0.2, 0.25) is 0 Å². The molecule has 0 N–H and O–H groups in total. The summed E-state index contributed by atoms with van der Waals surface area (Å²) in [6.07, 6.45) is 1.71. The Bertz CT molecular complexity index is 658. The number of fused-ring (bicyclic) bond motifs is 1. The third kappa shape index (κ3) is 3.25. The van der Waals surface area contributed by atoms with E-state index in [4.69, 9.17) is 11.6 Å². The van der Waals surface area contributed by atoms with Crippen molar-refractivity contribution in [3.05, 3.63) is 41.0 Å². The summed E-state index contributed by atoms with van der Waals surface area (Å²) in [5.41, 5.74) is 1.73. The topological polar surface area (TPSA) is 30.0 Å². The molecule has 0 aliphatic rings. The van der Waals surface area contributed by atoms with Crippen LogP contribution in [-0.4, -0.2) is 15.9 Å². The van der Waals surface area contributed by atoms with Gasteiger partial charge in [0.15, 0.2) is 5.12 Å². The molecule has 2 rings (SSSR count). The fourth-order valence-electron chi connectivity index (χ4n) is 1.50. The first-order valence-corrected chi connectivity index (χ1v) is 6.69. The first kappa shape index (κ1) is 12.9. The van der Waals surface area contributed by atoms with Crippen molar-refractivity contribution < 1.29 is 4.79 Å². The van der Waals surface area contributed by atoms with Crippen LogP contribution in [0.25, 0.3) is 10.9 Å². The van der Waals surface area contributed by atoms with E-state index >= 15 is 0 Å². The minimum absolute atomic E-state index is 0.0793. The molecule has 0 saturated heterocycles. The predicted molar refractivity (Wildman–Crippen MR) is 76.8 cm³/mol. The molecule has 0 atom stereocenters. The number of hydrogen-bond acceptors (Lipinski definition) is 3. The van der Waals surface area contributed by atoms with Gasteiger partial charge in [0.1, 0.15) is 0 Å². The van der Waals surface area contributed by atoms with E-state index in [1.165, 1.54) is 18.7 Å². The average molecular weight is 276 g/mol. The van der Waals surface area contributed by atoms with Crippen molar-refractivity contribution in [2.24, 2.45) is 0 Å². The Morgan fingerprint density at radius 1 is 1.44 bits per heavy atom. The summed E-state index contributed by atoms with van der Waals surface area (Å²) in [6.45, 7) is 1.54. The Kier molecular flexibility index (Phi) is 4.24. The van der Waals surface area contributed by atoms with Gasteiger partial charge in [-0.15, -0.1) is 0 Å². The summed E-state index contributed by atoms with van der Waals surface area (Å²) in [5, 5.41) is 1.71. The summed E-state index contributed by atoms with van der Waals surface area (Å²) < 4.78 is 0. The predicted octanol–water partition coefficient (Wildman–Crippen LogP) is 3.52. The summed E-state index contributed by atoms with van der Waals surface area (Å²) in [6, 6.07) is 7.40. The first-order valence-electron chi connectivity index (χ1n) is 5.33. The molecule has 90 valence electrons. The van der Waals surface area contributed by atoms with Gasteiger partial charge in [-0.2, -0.15) is 0 Å². The van der Waals surface area contributed by atoms with Crippen LogP contribution in [0, 0.1) is 11.8 Å². The molecule has 0 saturated carbocycles. The van der Waals surface area contributed by atoms with Gasteiger partial charge in [0, 0.05) is 29.1 Å².